The Morgan fingerprint density at radius 3 is 1.83 bits per heavy atom. The topological polar surface area (TPSA) is 25.8 Å². The molecule has 0 amide bonds. The third-order valence-electron chi connectivity index (χ3n) is 7.51. The Morgan fingerprint density at radius 2 is 1.00 bits per heavy atom. The summed E-state index contributed by atoms with van der Waals surface area (Å²) in [6.45, 7) is 0. The zero-order chi connectivity index (χ0) is 23.6. The van der Waals surface area contributed by atoms with Crippen molar-refractivity contribution in [1.82, 2.24) is 9.97 Å². The molecule has 166 valence electrons. The van der Waals surface area contributed by atoms with E-state index in [1.54, 1.807) is 12.4 Å². The van der Waals surface area contributed by atoms with E-state index in [4.69, 9.17) is 0 Å². The average Bonchev–Trinajstić information content (AvgIpc) is 2.96. The van der Waals surface area contributed by atoms with E-state index in [1.807, 2.05) is 0 Å². The molecule has 0 atom stereocenters. The van der Waals surface area contributed by atoms with E-state index in [9.17, 15) is 0 Å². The van der Waals surface area contributed by atoms with E-state index in [0.29, 0.717) is 0 Å². The van der Waals surface area contributed by atoms with Gasteiger partial charge in [0, 0.05) is 12.4 Å². The predicted molar refractivity (Wildman–Crippen MR) is 153 cm³/mol. The average molecular weight is 457 g/mol. The van der Waals surface area contributed by atoms with Gasteiger partial charge in [0.05, 0.1) is 11.0 Å². The smallest absolute Gasteiger partial charge is 0.0892 e. The molecule has 0 spiro atoms. The minimum atomic E-state index is 0.911. The largest absolute Gasteiger partial charge is 0.253 e. The summed E-state index contributed by atoms with van der Waals surface area (Å²) in [6, 6.07) is 39.7. The fourth-order valence-corrected chi connectivity index (χ4v) is 5.94. The number of benzene rings is 7. The van der Waals surface area contributed by atoms with Crippen LogP contribution in [0.1, 0.15) is 0 Å². The van der Waals surface area contributed by atoms with Crippen LogP contribution in [0.5, 0.6) is 0 Å². The summed E-state index contributed by atoms with van der Waals surface area (Å²) < 4.78 is 0. The Balaban J connectivity index is 1.64. The molecule has 0 unspecified atom stereocenters. The lowest BCUT2D eigenvalue weighted by Crippen LogP contribution is -1.90. The Hall–Kier alpha value is -4.82. The third kappa shape index (κ3) is 2.67. The molecule has 0 N–H and O–H groups in total. The Kier molecular flexibility index (Phi) is 3.97. The fraction of sp³-hybridized carbons (Fsp3) is 0. The molecule has 7 aromatic carbocycles. The molecule has 1 heterocycles. The molecular weight excluding hydrogens is 436 g/mol. The van der Waals surface area contributed by atoms with Crippen LogP contribution in [0, 0.1) is 0 Å². The molecule has 0 aliphatic carbocycles. The van der Waals surface area contributed by atoms with Gasteiger partial charge in [-0.1, -0.05) is 91.0 Å². The summed E-state index contributed by atoms with van der Waals surface area (Å²) in [7, 11) is 0. The molecule has 2 heteroatoms. The zero-order valence-electron chi connectivity index (χ0n) is 19.4. The minimum Gasteiger partial charge on any atom is -0.253 e. The highest BCUT2D eigenvalue weighted by Gasteiger charge is 2.16. The highest BCUT2D eigenvalue weighted by Crippen LogP contribution is 2.44. The maximum absolute atomic E-state index is 4.57. The number of rotatable bonds is 1. The molecular formula is C34H20N2. The first-order valence-electron chi connectivity index (χ1n) is 12.3. The molecule has 8 aromatic rings. The van der Waals surface area contributed by atoms with Crippen LogP contribution in [-0.2, 0) is 0 Å². The van der Waals surface area contributed by atoms with Gasteiger partial charge in [-0.2, -0.15) is 0 Å². The molecule has 1 aromatic heterocycles. The molecule has 0 aliphatic heterocycles. The molecule has 36 heavy (non-hydrogen) atoms. The van der Waals surface area contributed by atoms with Gasteiger partial charge in [-0.15, -0.1) is 0 Å². The van der Waals surface area contributed by atoms with Crippen LogP contribution >= 0.6 is 0 Å². The molecule has 0 aliphatic rings. The number of hydrogen-bond acceptors (Lipinski definition) is 2. The van der Waals surface area contributed by atoms with E-state index in [2.05, 4.69) is 119 Å². The highest BCUT2D eigenvalue weighted by atomic mass is 14.8. The molecule has 0 bridgehead atoms. The van der Waals surface area contributed by atoms with Gasteiger partial charge in [0.2, 0.25) is 0 Å². The summed E-state index contributed by atoms with van der Waals surface area (Å²) in [5, 5.41) is 12.9. The number of aromatic nitrogens is 2. The maximum Gasteiger partial charge on any atom is 0.0892 e. The maximum atomic E-state index is 4.57. The second-order valence-corrected chi connectivity index (χ2v) is 9.41. The molecule has 0 saturated heterocycles. The number of fused-ring (bicyclic) bond motifs is 11. The van der Waals surface area contributed by atoms with Crippen molar-refractivity contribution < 1.29 is 0 Å². The van der Waals surface area contributed by atoms with Gasteiger partial charge < -0.3 is 0 Å². The Labute approximate surface area is 207 Å². The normalized spacial score (nSPS) is 11.9. The lowest BCUT2D eigenvalue weighted by Gasteiger charge is -2.17. The van der Waals surface area contributed by atoms with E-state index < -0.39 is 0 Å². The van der Waals surface area contributed by atoms with Crippen molar-refractivity contribution in [2.24, 2.45) is 0 Å². The van der Waals surface area contributed by atoms with Crippen LogP contribution in [-0.4, -0.2) is 9.97 Å². The lowest BCUT2D eigenvalue weighted by atomic mass is 9.86. The van der Waals surface area contributed by atoms with Crippen molar-refractivity contribution in [2.75, 3.05) is 0 Å². The van der Waals surface area contributed by atoms with Crippen LogP contribution in [0.2, 0.25) is 0 Å². The molecule has 0 fully saturated rings. The second kappa shape index (κ2) is 7.34. The van der Waals surface area contributed by atoms with Crippen LogP contribution < -0.4 is 0 Å². The number of nitrogens with zero attached hydrogens (tertiary/aromatic N) is 2. The first-order chi connectivity index (χ1) is 17.9. The van der Waals surface area contributed by atoms with Gasteiger partial charge in [0.15, 0.2) is 0 Å². The van der Waals surface area contributed by atoms with E-state index in [1.165, 1.54) is 59.4 Å². The van der Waals surface area contributed by atoms with Crippen LogP contribution in [0.3, 0.4) is 0 Å². The molecule has 0 radical (unpaired) electrons. The van der Waals surface area contributed by atoms with Gasteiger partial charge in [-0.05, 0) is 83.2 Å². The van der Waals surface area contributed by atoms with Crippen LogP contribution in [0.15, 0.2) is 122 Å². The SMILES string of the molecule is c1ccc2c(c1)ccc1c3ccccc3c3cc(-c4ccc5nccnc5c4)c4ccccc4c3c21. The van der Waals surface area contributed by atoms with E-state index in [-0.39, 0.29) is 0 Å². The van der Waals surface area contributed by atoms with E-state index in [0.717, 1.165) is 16.6 Å². The quantitative estimate of drug-likeness (QED) is 0.230. The third-order valence-corrected chi connectivity index (χ3v) is 7.51. The van der Waals surface area contributed by atoms with Crippen molar-refractivity contribution in [3.05, 3.63) is 122 Å². The van der Waals surface area contributed by atoms with Crippen LogP contribution in [0.4, 0.5) is 0 Å². The summed E-state index contributed by atoms with van der Waals surface area (Å²) in [6.07, 6.45) is 3.50. The summed E-state index contributed by atoms with van der Waals surface area (Å²) in [5.41, 5.74) is 4.20. The number of hydrogen-bond donors (Lipinski definition) is 0. The summed E-state index contributed by atoms with van der Waals surface area (Å²) >= 11 is 0. The Bertz CT molecular complexity index is 2160. The van der Waals surface area contributed by atoms with Gasteiger partial charge in [-0.25, -0.2) is 0 Å². The van der Waals surface area contributed by atoms with E-state index >= 15 is 0 Å². The first-order valence-corrected chi connectivity index (χ1v) is 12.3. The zero-order valence-corrected chi connectivity index (χ0v) is 19.4. The van der Waals surface area contributed by atoms with Crippen molar-refractivity contribution in [3.63, 3.8) is 0 Å². The van der Waals surface area contributed by atoms with Gasteiger partial charge in [0.25, 0.3) is 0 Å². The van der Waals surface area contributed by atoms with Gasteiger partial charge >= 0.3 is 0 Å². The van der Waals surface area contributed by atoms with Gasteiger partial charge in [0.1, 0.15) is 0 Å². The highest BCUT2D eigenvalue weighted by molar-refractivity contribution is 6.37. The van der Waals surface area contributed by atoms with Gasteiger partial charge in [-0.3, -0.25) is 9.97 Å². The van der Waals surface area contributed by atoms with Crippen molar-refractivity contribution in [1.29, 1.82) is 0 Å². The Morgan fingerprint density at radius 1 is 0.389 bits per heavy atom. The predicted octanol–water partition coefficient (Wildman–Crippen LogP) is 9.06. The fourth-order valence-electron chi connectivity index (χ4n) is 5.94. The van der Waals surface area contributed by atoms with Crippen LogP contribution in [0.25, 0.3) is 76.0 Å². The summed E-state index contributed by atoms with van der Waals surface area (Å²) in [4.78, 5) is 9.04. The van der Waals surface area contributed by atoms with Crippen molar-refractivity contribution in [3.8, 4) is 11.1 Å². The first kappa shape index (κ1) is 19.5. The standard InChI is InChI=1S/C34H20N2/c1-2-8-23-21(7-1)13-15-28-24-9-3-4-10-25(24)30-20-29(22-14-16-31-32(19-22)36-18-17-35-31)26-11-5-6-12-27(26)34(30)33(23)28/h1-20H. The molecule has 0 saturated carbocycles. The monoisotopic (exact) mass is 456 g/mol. The molecule has 8 rings (SSSR count). The van der Waals surface area contributed by atoms with Crippen molar-refractivity contribution in [2.45, 2.75) is 0 Å². The molecule has 2 nitrogen and oxygen atoms in total. The van der Waals surface area contributed by atoms with Crippen molar-refractivity contribution >= 4 is 64.9 Å². The summed E-state index contributed by atoms with van der Waals surface area (Å²) in [5.74, 6) is 0. The lowest BCUT2D eigenvalue weighted by molar-refractivity contribution is 1.29. The second-order valence-electron chi connectivity index (χ2n) is 9.41. The minimum absolute atomic E-state index is 0.911.